The molecule has 4 rings (SSSR count). The SMILES string of the molecule is Cc1ccc(C2(C)NC(=O)N(CC(=O)NC3CCN(C(=O)C4CCCCC4)CC3)C2=O)cc1. The predicted octanol–water partition coefficient (Wildman–Crippen LogP) is 2.45. The van der Waals surface area contributed by atoms with E-state index in [4.69, 9.17) is 0 Å². The highest BCUT2D eigenvalue weighted by molar-refractivity contribution is 6.09. The summed E-state index contributed by atoms with van der Waals surface area (Å²) in [5, 5.41) is 5.69. The van der Waals surface area contributed by atoms with E-state index in [1.165, 1.54) is 6.42 Å². The predicted molar refractivity (Wildman–Crippen MR) is 123 cm³/mol. The Hall–Kier alpha value is -2.90. The van der Waals surface area contributed by atoms with Gasteiger partial charge < -0.3 is 15.5 Å². The first kappa shape index (κ1) is 23.3. The third-order valence-electron chi connectivity index (χ3n) is 7.33. The third-order valence-corrected chi connectivity index (χ3v) is 7.33. The number of carbonyl (C=O) groups is 4. The molecule has 8 nitrogen and oxygen atoms in total. The molecule has 1 aromatic rings. The van der Waals surface area contributed by atoms with Gasteiger partial charge in [-0.3, -0.25) is 19.3 Å². The Balaban J connectivity index is 1.28. The highest BCUT2D eigenvalue weighted by Crippen LogP contribution is 2.29. The van der Waals surface area contributed by atoms with Gasteiger partial charge in [-0.25, -0.2) is 4.79 Å². The highest BCUT2D eigenvalue weighted by atomic mass is 16.2. The van der Waals surface area contributed by atoms with Crippen molar-refractivity contribution >= 4 is 23.8 Å². The summed E-state index contributed by atoms with van der Waals surface area (Å²) in [6.07, 6.45) is 6.84. The summed E-state index contributed by atoms with van der Waals surface area (Å²) in [4.78, 5) is 53.8. The number of benzene rings is 1. The first-order valence-electron chi connectivity index (χ1n) is 12.1. The number of likely N-dealkylation sites (tertiary alicyclic amines) is 1. The molecule has 178 valence electrons. The molecule has 5 amide bonds. The van der Waals surface area contributed by atoms with Crippen LogP contribution in [0.15, 0.2) is 24.3 Å². The van der Waals surface area contributed by atoms with Crippen LogP contribution in [-0.4, -0.2) is 59.2 Å². The zero-order chi connectivity index (χ0) is 23.6. The summed E-state index contributed by atoms with van der Waals surface area (Å²) in [6.45, 7) is 4.57. The molecule has 2 N–H and O–H groups in total. The fraction of sp³-hybridized carbons (Fsp3) is 0.600. The van der Waals surface area contributed by atoms with E-state index in [0.29, 0.717) is 31.5 Å². The Morgan fingerprint density at radius 3 is 2.30 bits per heavy atom. The second-order valence-corrected chi connectivity index (χ2v) is 9.81. The Morgan fingerprint density at radius 2 is 1.67 bits per heavy atom. The summed E-state index contributed by atoms with van der Waals surface area (Å²) in [7, 11) is 0. The number of imide groups is 1. The quantitative estimate of drug-likeness (QED) is 0.668. The van der Waals surface area contributed by atoms with E-state index in [-0.39, 0.29) is 30.3 Å². The van der Waals surface area contributed by atoms with Crippen LogP contribution in [0, 0.1) is 12.8 Å². The van der Waals surface area contributed by atoms with Gasteiger partial charge in [0.15, 0.2) is 0 Å². The normalized spacial score (nSPS) is 24.7. The Labute approximate surface area is 195 Å². The molecule has 3 fully saturated rings. The molecule has 0 spiro atoms. The van der Waals surface area contributed by atoms with E-state index in [2.05, 4.69) is 10.6 Å². The van der Waals surface area contributed by atoms with E-state index in [0.717, 1.165) is 36.1 Å². The molecule has 0 radical (unpaired) electrons. The van der Waals surface area contributed by atoms with Gasteiger partial charge in [-0.2, -0.15) is 0 Å². The van der Waals surface area contributed by atoms with Gasteiger partial charge in [-0.05, 0) is 45.1 Å². The van der Waals surface area contributed by atoms with E-state index < -0.39 is 17.5 Å². The molecule has 1 atom stereocenters. The Bertz CT molecular complexity index is 917. The molecule has 8 heteroatoms. The maximum Gasteiger partial charge on any atom is 0.325 e. The lowest BCUT2D eigenvalue weighted by atomic mass is 9.87. The van der Waals surface area contributed by atoms with Crippen molar-refractivity contribution in [2.75, 3.05) is 19.6 Å². The smallest absolute Gasteiger partial charge is 0.325 e. The van der Waals surface area contributed by atoms with Crippen LogP contribution in [0.4, 0.5) is 4.79 Å². The lowest BCUT2D eigenvalue weighted by Crippen LogP contribution is -2.50. The lowest BCUT2D eigenvalue weighted by molar-refractivity contribution is -0.138. The van der Waals surface area contributed by atoms with Gasteiger partial charge in [0.05, 0.1) is 0 Å². The van der Waals surface area contributed by atoms with Crippen molar-refractivity contribution < 1.29 is 19.2 Å². The van der Waals surface area contributed by atoms with Crippen LogP contribution in [-0.2, 0) is 19.9 Å². The van der Waals surface area contributed by atoms with Crippen LogP contribution < -0.4 is 10.6 Å². The van der Waals surface area contributed by atoms with Crippen molar-refractivity contribution in [3.8, 4) is 0 Å². The maximum absolute atomic E-state index is 13.0. The number of urea groups is 1. The summed E-state index contributed by atoms with van der Waals surface area (Å²) >= 11 is 0. The van der Waals surface area contributed by atoms with Crippen LogP contribution in [0.1, 0.15) is 63.0 Å². The molecule has 2 saturated heterocycles. The minimum Gasteiger partial charge on any atom is -0.352 e. The van der Waals surface area contributed by atoms with Crippen LogP contribution in [0.3, 0.4) is 0 Å². The molecule has 2 heterocycles. The van der Waals surface area contributed by atoms with Crippen molar-refractivity contribution in [2.45, 2.75) is 70.4 Å². The summed E-state index contributed by atoms with van der Waals surface area (Å²) in [5.41, 5.74) is 0.557. The molecule has 33 heavy (non-hydrogen) atoms. The third kappa shape index (κ3) is 4.89. The second kappa shape index (κ2) is 9.53. The van der Waals surface area contributed by atoms with Crippen molar-refractivity contribution in [3.05, 3.63) is 35.4 Å². The number of hydrogen-bond donors (Lipinski definition) is 2. The molecule has 2 aliphatic heterocycles. The van der Waals surface area contributed by atoms with E-state index >= 15 is 0 Å². The number of piperidine rings is 1. The number of rotatable bonds is 5. The van der Waals surface area contributed by atoms with E-state index in [1.54, 1.807) is 6.92 Å². The second-order valence-electron chi connectivity index (χ2n) is 9.81. The van der Waals surface area contributed by atoms with Crippen molar-refractivity contribution in [2.24, 2.45) is 5.92 Å². The van der Waals surface area contributed by atoms with Crippen molar-refractivity contribution in [1.29, 1.82) is 0 Å². The van der Waals surface area contributed by atoms with Crippen LogP contribution in [0.5, 0.6) is 0 Å². The number of nitrogens with one attached hydrogen (secondary N) is 2. The molecular weight excluding hydrogens is 420 g/mol. The fourth-order valence-electron chi connectivity index (χ4n) is 5.19. The van der Waals surface area contributed by atoms with Gasteiger partial charge in [0, 0.05) is 25.0 Å². The summed E-state index contributed by atoms with van der Waals surface area (Å²) < 4.78 is 0. The molecule has 3 aliphatic rings. The standard InChI is InChI=1S/C25H34N4O4/c1-17-8-10-19(11-9-17)25(2)23(32)29(24(33)27-25)16-21(30)26-20-12-14-28(15-13-20)22(31)18-6-4-3-5-7-18/h8-11,18,20H,3-7,12-16H2,1-2H3,(H,26,30)(H,27,33). The van der Waals surface area contributed by atoms with Gasteiger partial charge in [0.2, 0.25) is 11.8 Å². The van der Waals surface area contributed by atoms with Gasteiger partial charge in [-0.15, -0.1) is 0 Å². The van der Waals surface area contributed by atoms with Crippen LogP contribution in [0.2, 0.25) is 0 Å². The van der Waals surface area contributed by atoms with Gasteiger partial charge in [0.1, 0.15) is 12.1 Å². The zero-order valence-electron chi connectivity index (χ0n) is 19.6. The molecular formula is C25H34N4O4. The summed E-state index contributed by atoms with van der Waals surface area (Å²) in [6, 6.07) is 6.80. The average molecular weight is 455 g/mol. The maximum atomic E-state index is 13.0. The molecule has 0 bridgehead atoms. The van der Waals surface area contributed by atoms with Crippen molar-refractivity contribution in [3.63, 3.8) is 0 Å². The monoisotopic (exact) mass is 454 g/mol. The first-order valence-corrected chi connectivity index (χ1v) is 12.1. The van der Waals surface area contributed by atoms with Crippen LogP contribution >= 0.6 is 0 Å². The molecule has 1 aromatic carbocycles. The molecule has 1 unspecified atom stereocenters. The van der Waals surface area contributed by atoms with Gasteiger partial charge >= 0.3 is 6.03 Å². The first-order chi connectivity index (χ1) is 15.8. The largest absolute Gasteiger partial charge is 0.352 e. The zero-order valence-corrected chi connectivity index (χ0v) is 19.6. The van der Waals surface area contributed by atoms with Gasteiger partial charge in [-0.1, -0.05) is 49.1 Å². The number of amides is 5. The number of nitrogens with zero attached hydrogens (tertiary/aromatic N) is 2. The number of hydrogen-bond acceptors (Lipinski definition) is 4. The molecule has 1 saturated carbocycles. The number of aryl methyl sites for hydroxylation is 1. The minimum absolute atomic E-state index is 0.0582. The Morgan fingerprint density at radius 1 is 1.03 bits per heavy atom. The van der Waals surface area contributed by atoms with Crippen molar-refractivity contribution in [1.82, 2.24) is 20.4 Å². The van der Waals surface area contributed by atoms with Gasteiger partial charge in [0.25, 0.3) is 5.91 Å². The lowest BCUT2D eigenvalue weighted by Gasteiger charge is -2.35. The average Bonchev–Trinajstić information content (AvgIpc) is 3.04. The molecule has 0 aromatic heterocycles. The number of carbonyl (C=O) groups excluding carboxylic acids is 4. The highest BCUT2D eigenvalue weighted by Gasteiger charge is 2.49. The van der Waals surface area contributed by atoms with Crippen LogP contribution in [0.25, 0.3) is 0 Å². The van der Waals surface area contributed by atoms with E-state index in [9.17, 15) is 19.2 Å². The Kier molecular flexibility index (Phi) is 6.72. The summed E-state index contributed by atoms with van der Waals surface area (Å²) in [5.74, 6) is -0.371. The fourth-order valence-corrected chi connectivity index (χ4v) is 5.19. The molecule has 1 aliphatic carbocycles. The minimum atomic E-state index is -1.18. The topological polar surface area (TPSA) is 98.8 Å². The van der Waals surface area contributed by atoms with E-state index in [1.807, 2.05) is 36.1 Å².